The average molecular weight is 318 g/mol. The van der Waals surface area contributed by atoms with E-state index in [9.17, 15) is 4.79 Å². The number of carbonyl (C=O) groups is 1. The molecule has 1 aromatic heterocycles. The summed E-state index contributed by atoms with van der Waals surface area (Å²) in [5, 5.41) is 12.3. The number of carbonyl (C=O) groups excluding carboxylic acids is 1. The second-order valence-electron chi connectivity index (χ2n) is 5.61. The van der Waals surface area contributed by atoms with Crippen molar-refractivity contribution in [2.45, 2.75) is 19.8 Å². The number of nitriles is 1. The molecule has 0 saturated heterocycles. The summed E-state index contributed by atoms with van der Waals surface area (Å²) in [5.41, 5.74) is 4.42. The van der Waals surface area contributed by atoms with Gasteiger partial charge in [0.25, 0.3) is 0 Å². The van der Waals surface area contributed by atoms with Crippen molar-refractivity contribution in [3.63, 3.8) is 0 Å². The fourth-order valence-corrected chi connectivity index (χ4v) is 3.13. The molecule has 1 aromatic carbocycles. The molecule has 1 aliphatic rings. The number of benzene rings is 1. The van der Waals surface area contributed by atoms with Gasteiger partial charge in [-0.1, -0.05) is 6.07 Å². The Labute approximate surface area is 140 Å². The number of pyridine rings is 1. The van der Waals surface area contributed by atoms with Crippen molar-refractivity contribution in [3.05, 3.63) is 64.6 Å². The van der Waals surface area contributed by atoms with E-state index in [2.05, 4.69) is 22.6 Å². The fourth-order valence-electron chi connectivity index (χ4n) is 3.13. The number of allylic oxidation sites excluding steroid dienone is 2. The number of rotatable bonds is 3. The Hall–Kier alpha value is -3.13. The molecule has 0 aliphatic carbocycles. The third-order valence-electron chi connectivity index (χ3n) is 4.15. The van der Waals surface area contributed by atoms with E-state index in [1.165, 1.54) is 0 Å². The monoisotopic (exact) mass is 318 g/mol. The molecule has 0 amide bonds. The van der Waals surface area contributed by atoms with Crippen LogP contribution in [-0.2, 0) is 4.79 Å². The van der Waals surface area contributed by atoms with Gasteiger partial charge in [0.15, 0.2) is 5.78 Å². The number of fused-ring (bicyclic) bond motifs is 1. The predicted molar refractivity (Wildman–Crippen MR) is 89.6 cm³/mol. The maximum atomic E-state index is 12.3. The first kappa shape index (κ1) is 15.8. The van der Waals surface area contributed by atoms with Crippen LogP contribution >= 0.6 is 0 Å². The Morgan fingerprint density at radius 2 is 2.21 bits per heavy atom. The standard InChI is InChI=1S/C19H16N3O2/c1-11-18(12(2)23)19(15-10-21-7-6-16(15)22-11)14-5-4-13(9-20)8-17(14)24-3/h4-8,19,22H,1-3H3. The van der Waals surface area contributed by atoms with Crippen LogP contribution < -0.4 is 10.1 Å². The Bertz CT molecular complexity index is 894. The van der Waals surface area contributed by atoms with Crippen LogP contribution in [0.1, 0.15) is 36.5 Å². The number of aromatic nitrogens is 1. The van der Waals surface area contributed by atoms with Gasteiger partial charge in [0.2, 0.25) is 0 Å². The van der Waals surface area contributed by atoms with Crippen molar-refractivity contribution in [3.8, 4) is 11.8 Å². The van der Waals surface area contributed by atoms with Crippen LogP contribution in [0.3, 0.4) is 0 Å². The SMILES string of the molecule is COc1cc(C#N)ccc1C1C(C(C)=O)=C(C)Nc2ccn[c]c21. The van der Waals surface area contributed by atoms with E-state index in [1.807, 2.05) is 19.1 Å². The fraction of sp³-hybridized carbons (Fsp3) is 0.211. The number of ketones is 1. The minimum Gasteiger partial charge on any atom is -0.496 e. The molecule has 1 atom stereocenters. The van der Waals surface area contributed by atoms with Crippen molar-refractivity contribution < 1.29 is 9.53 Å². The van der Waals surface area contributed by atoms with Gasteiger partial charge >= 0.3 is 0 Å². The summed E-state index contributed by atoms with van der Waals surface area (Å²) < 4.78 is 5.48. The second kappa shape index (κ2) is 6.17. The molecule has 3 rings (SSSR count). The summed E-state index contributed by atoms with van der Waals surface area (Å²) in [6.45, 7) is 3.42. The Balaban J connectivity index is 2.28. The molecule has 1 N–H and O–H groups in total. The third kappa shape index (κ3) is 2.52. The zero-order valence-corrected chi connectivity index (χ0v) is 13.7. The molecule has 0 saturated carbocycles. The molecule has 0 fully saturated rings. The quantitative estimate of drug-likeness (QED) is 0.940. The van der Waals surface area contributed by atoms with Crippen LogP contribution in [0.25, 0.3) is 0 Å². The minimum atomic E-state index is -0.338. The molecule has 5 nitrogen and oxygen atoms in total. The average Bonchev–Trinajstić information content (AvgIpc) is 2.59. The van der Waals surface area contributed by atoms with Gasteiger partial charge in [0.05, 0.1) is 24.9 Å². The lowest BCUT2D eigenvalue weighted by Gasteiger charge is -2.30. The number of hydrogen-bond donors (Lipinski definition) is 1. The molecule has 5 heteroatoms. The highest BCUT2D eigenvalue weighted by molar-refractivity contribution is 5.98. The molecule has 1 aliphatic heterocycles. The van der Waals surface area contributed by atoms with Crippen LogP contribution in [0.15, 0.2) is 41.7 Å². The van der Waals surface area contributed by atoms with Gasteiger partial charge in [-0.15, -0.1) is 0 Å². The molecule has 2 aromatic rings. The minimum absolute atomic E-state index is 0.0284. The summed E-state index contributed by atoms with van der Waals surface area (Å²) >= 11 is 0. The summed E-state index contributed by atoms with van der Waals surface area (Å²) in [5.74, 6) is 0.199. The van der Waals surface area contributed by atoms with Crippen LogP contribution in [0, 0.1) is 17.5 Å². The third-order valence-corrected chi connectivity index (χ3v) is 4.15. The van der Waals surface area contributed by atoms with Crippen molar-refractivity contribution >= 4 is 11.5 Å². The van der Waals surface area contributed by atoms with Gasteiger partial charge in [-0.2, -0.15) is 5.26 Å². The van der Waals surface area contributed by atoms with Crippen molar-refractivity contribution in [1.29, 1.82) is 5.26 Å². The maximum Gasteiger partial charge on any atom is 0.158 e. The first-order valence-electron chi connectivity index (χ1n) is 7.50. The lowest BCUT2D eigenvalue weighted by atomic mass is 9.79. The van der Waals surface area contributed by atoms with E-state index in [0.29, 0.717) is 16.9 Å². The van der Waals surface area contributed by atoms with Crippen LogP contribution in [0.5, 0.6) is 5.75 Å². The Morgan fingerprint density at radius 3 is 2.88 bits per heavy atom. The highest BCUT2D eigenvalue weighted by Gasteiger charge is 2.32. The first-order valence-corrected chi connectivity index (χ1v) is 7.50. The second-order valence-corrected chi connectivity index (χ2v) is 5.61. The van der Waals surface area contributed by atoms with E-state index in [-0.39, 0.29) is 11.7 Å². The van der Waals surface area contributed by atoms with E-state index < -0.39 is 0 Å². The molecule has 2 heterocycles. The van der Waals surface area contributed by atoms with Crippen molar-refractivity contribution in [1.82, 2.24) is 4.98 Å². The summed E-state index contributed by atoms with van der Waals surface area (Å²) in [4.78, 5) is 16.4. The highest BCUT2D eigenvalue weighted by Crippen LogP contribution is 2.44. The molecule has 24 heavy (non-hydrogen) atoms. The number of methoxy groups -OCH3 is 1. The van der Waals surface area contributed by atoms with E-state index in [0.717, 1.165) is 22.5 Å². The highest BCUT2D eigenvalue weighted by atomic mass is 16.5. The van der Waals surface area contributed by atoms with E-state index in [1.54, 1.807) is 32.4 Å². The topological polar surface area (TPSA) is 75.0 Å². The van der Waals surface area contributed by atoms with Crippen LogP contribution in [0.4, 0.5) is 5.69 Å². The summed E-state index contributed by atoms with van der Waals surface area (Å²) in [6, 6.07) is 9.19. The molecular weight excluding hydrogens is 302 g/mol. The van der Waals surface area contributed by atoms with Gasteiger partial charge in [-0.05, 0) is 32.0 Å². The zero-order chi connectivity index (χ0) is 17.3. The smallest absolute Gasteiger partial charge is 0.158 e. The number of nitrogens with one attached hydrogen (secondary N) is 1. The Morgan fingerprint density at radius 1 is 1.42 bits per heavy atom. The van der Waals surface area contributed by atoms with Crippen molar-refractivity contribution in [2.24, 2.45) is 0 Å². The van der Waals surface area contributed by atoms with Crippen LogP contribution in [-0.4, -0.2) is 17.9 Å². The van der Waals surface area contributed by atoms with E-state index in [4.69, 9.17) is 10.00 Å². The number of anilines is 1. The van der Waals surface area contributed by atoms with Gasteiger partial charge in [-0.3, -0.25) is 9.78 Å². The predicted octanol–water partition coefficient (Wildman–Crippen LogP) is 3.18. The van der Waals surface area contributed by atoms with Gasteiger partial charge in [0.1, 0.15) is 5.75 Å². The van der Waals surface area contributed by atoms with Gasteiger partial charge in [0, 0.05) is 40.2 Å². The summed E-state index contributed by atoms with van der Waals surface area (Å²) in [7, 11) is 1.55. The normalized spacial score (nSPS) is 16.0. The molecule has 119 valence electrons. The number of nitrogens with zero attached hydrogens (tertiary/aromatic N) is 2. The van der Waals surface area contributed by atoms with Gasteiger partial charge in [-0.25, -0.2) is 0 Å². The lowest BCUT2D eigenvalue weighted by molar-refractivity contribution is -0.113. The number of ether oxygens (including phenoxy) is 1. The molecule has 0 spiro atoms. The number of hydrogen-bond acceptors (Lipinski definition) is 5. The molecule has 1 radical (unpaired) electrons. The number of Topliss-reactive ketones (excluding diaryl/α,β-unsaturated/α-hetero) is 1. The first-order chi connectivity index (χ1) is 11.6. The lowest BCUT2D eigenvalue weighted by Crippen LogP contribution is -2.22. The molecule has 0 bridgehead atoms. The van der Waals surface area contributed by atoms with Gasteiger partial charge < -0.3 is 10.1 Å². The molecular formula is C19H16N3O2. The largest absolute Gasteiger partial charge is 0.496 e. The summed E-state index contributed by atoms with van der Waals surface area (Å²) in [6.07, 6.45) is 4.66. The van der Waals surface area contributed by atoms with E-state index >= 15 is 0 Å². The Kier molecular flexibility index (Phi) is 4.05. The van der Waals surface area contributed by atoms with Crippen molar-refractivity contribution in [2.75, 3.05) is 12.4 Å². The molecule has 1 unspecified atom stereocenters. The van der Waals surface area contributed by atoms with Crippen LogP contribution in [0.2, 0.25) is 0 Å². The maximum absolute atomic E-state index is 12.3. The zero-order valence-electron chi connectivity index (χ0n) is 13.7.